The molecule has 0 amide bonds. The number of rotatable bonds is 6. The summed E-state index contributed by atoms with van der Waals surface area (Å²) in [6, 6.07) is 0.559. The Morgan fingerprint density at radius 2 is 2.05 bits per heavy atom. The highest BCUT2D eigenvalue weighted by molar-refractivity contribution is 4.92. The van der Waals surface area contributed by atoms with Crippen LogP contribution in [0.1, 0.15) is 25.5 Å². The average molecular weight is 266 g/mol. The van der Waals surface area contributed by atoms with Crippen molar-refractivity contribution in [3.05, 3.63) is 11.9 Å². The van der Waals surface area contributed by atoms with Crippen LogP contribution in [0.15, 0.2) is 6.20 Å². The standard InChI is InChI=1S/C13H26N6/c1-3-4-13(9-14)19-7-5-18(6-8-19)11-12-10-17(2)16-15-12/h10,13H,3-9,11,14H2,1-2H3. The molecule has 2 N–H and O–H groups in total. The van der Waals surface area contributed by atoms with Gasteiger partial charge >= 0.3 is 0 Å². The molecule has 2 rings (SSSR count). The van der Waals surface area contributed by atoms with Crippen LogP contribution >= 0.6 is 0 Å². The molecule has 0 aliphatic carbocycles. The molecule has 1 aliphatic rings. The van der Waals surface area contributed by atoms with E-state index in [1.165, 1.54) is 12.8 Å². The van der Waals surface area contributed by atoms with Gasteiger partial charge in [0.1, 0.15) is 0 Å². The molecule has 1 unspecified atom stereocenters. The molecule has 2 heterocycles. The second-order valence-electron chi connectivity index (χ2n) is 5.37. The van der Waals surface area contributed by atoms with Crippen LogP contribution in [0.5, 0.6) is 0 Å². The quantitative estimate of drug-likeness (QED) is 0.789. The molecule has 0 aromatic carbocycles. The lowest BCUT2D eigenvalue weighted by atomic mass is 10.1. The minimum Gasteiger partial charge on any atom is -0.329 e. The summed E-state index contributed by atoms with van der Waals surface area (Å²) in [6.07, 6.45) is 4.41. The Morgan fingerprint density at radius 1 is 1.32 bits per heavy atom. The highest BCUT2D eigenvalue weighted by Gasteiger charge is 2.22. The van der Waals surface area contributed by atoms with Crippen molar-refractivity contribution in [2.45, 2.75) is 32.4 Å². The van der Waals surface area contributed by atoms with E-state index in [0.717, 1.165) is 45.0 Å². The number of piperazine rings is 1. The first-order chi connectivity index (χ1) is 9.22. The third-order valence-electron chi connectivity index (χ3n) is 3.85. The first-order valence-electron chi connectivity index (χ1n) is 7.24. The summed E-state index contributed by atoms with van der Waals surface area (Å²) in [7, 11) is 1.91. The van der Waals surface area contributed by atoms with Crippen LogP contribution < -0.4 is 5.73 Å². The number of hydrogen-bond acceptors (Lipinski definition) is 5. The Balaban J connectivity index is 1.78. The summed E-state index contributed by atoms with van der Waals surface area (Å²) in [5.41, 5.74) is 6.93. The van der Waals surface area contributed by atoms with E-state index in [2.05, 4.69) is 27.0 Å². The zero-order chi connectivity index (χ0) is 13.7. The fourth-order valence-electron chi connectivity index (χ4n) is 2.77. The Kier molecular flexibility index (Phi) is 5.30. The minimum absolute atomic E-state index is 0.559. The van der Waals surface area contributed by atoms with Gasteiger partial charge in [0, 0.05) is 58.6 Å². The fourth-order valence-corrected chi connectivity index (χ4v) is 2.77. The molecule has 0 radical (unpaired) electrons. The van der Waals surface area contributed by atoms with E-state index in [0.29, 0.717) is 6.04 Å². The van der Waals surface area contributed by atoms with Crippen LogP contribution in [0, 0.1) is 0 Å². The van der Waals surface area contributed by atoms with Crippen LogP contribution in [0.2, 0.25) is 0 Å². The zero-order valence-electron chi connectivity index (χ0n) is 12.1. The SMILES string of the molecule is CCCC(CN)N1CCN(Cc2cn(C)nn2)CC1. The average Bonchev–Trinajstić information content (AvgIpc) is 2.82. The van der Waals surface area contributed by atoms with E-state index in [9.17, 15) is 0 Å². The van der Waals surface area contributed by atoms with Crippen molar-refractivity contribution in [1.29, 1.82) is 0 Å². The number of nitrogens with two attached hydrogens (primary N) is 1. The van der Waals surface area contributed by atoms with E-state index in [-0.39, 0.29) is 0 Å². The van der Waals surface area contributed by atoms with Gasteiger partial charge in [0.05, 0.1) is 5.69 Å². The van der Waals surface area contributed by atoms with Gasteiger partial charge < -0.3 is 5.73 Å². The van der Waals surface area contributed by atoms with Gasteiger partial charge in [-0.25, -0.2) is 0 Å². The molecule has 108 valence electrons. The van der Waals surface area contributed by atoms with Crippen molar-refractivity contribution >= 4 is 0 Å². The Morgan fingerprint density at radius 3 is 2.58 bits per heavy atom. The minimum atomic E-state index is 0.559. The molecule has 1 saturated heterocycles. The molecule has 6 heteroatoms. The van der Waals surface area contributed by atoms with Gasteiger partial charge in [0.15, 0.2) is 0 Å². The highest BCUT2D eigenvalue weighted by atomic mass is 15.4. The summed E-state index contributed by atoms with van der Waals surface area (Å²) >= 11 is 0. The maximum Gasteiger partial charge on any atom is 0.0967 e. The second kappa shape index (κ2) is 6.98. The number of aromatic nitrogens is 3. The van der Waals surface area contributed by atoms with Crippen molar-refractivity contribution in [3.63, 3.8) is 0 Å². The van der Waals surface area contributed by atoms with Crippen molar-refractivity contribution in [2.24, 2.45) is 12.8 Å². The van der Waals surface area contributed by atoms with E-state index in [4.69, 9.17) is 5.73 Å². The largest absolute Gasteiger partial charge is 0.329 e. The number of nitrogens with zero attached hydrogens (tertiary/aromatic N) is 5. The van der Waals surface area contributed by atoms with E-state index in [1.54, 1.807) is 4.68 Å². The number of hydrogen-bond donors (Lipinski definition) is 1. The lowest BCUT2D eigenvalue weighted by Gasteiger charge is -2.38. The molecule has 6 nitrogen and oxygen atoms in total. The third-order valence-corrected chi connectivity index (χ3v) is 3.85. The topological polar surface area (TPSA) is 63.2 Å². The third kappa shape index (κ3) is 3.99. The van der Waals surface area contributed by atoms with Crippen molar-refractivity contribution in [2.75, 3.05) is 32.7 Å². The molecule has 1 atom stereocenters. The number of aryl methyl sites for hydroxylation is 1. The van der Waals surface area contributed by atoms with Gasteiger partial charge in [0.25, 0.3) is 0 Å². The van der Waals surface area contributed by atoms with Gasteiger partial charge in [-0.3, -0.25) is 14.5 Å². The summed E-state index contributed by atoms with van der Waals surface area (Å²) < 4.78 is 1.76. The maximum atomic E-state index is 5.87. The molecule has 0 saturated carbocycles. The summed E-state index contributed by atoms with van der Waals surface area (Å²) in [5, 5.41) is 8.12. The first kappa shape index (κ1) is 14.4. The van der Waals surface area contributed by atoms with Crippen LogP contribution in [0.3, 0.4) is 0 Å². The van der Waals surface area contributed by atoms with Gasteiger partial charge in [0.2, 0.25) is 0 Å². The molecule has 1 fully saturated rings. The molecule has 1 aliphatic heterocycles. The summed E-state index contributed by atoms with van der Waals surface area (Å²) in [4.78, 5) is 4.98. The van der Waals surface area contributed by atoms with E-state index >= 15 is 0 Å². The molecular weight excluding hydrogens is 240 g/mol. The van der Waals surface area contributed by atoms with Crippen LogP contribution in [-0.4, -0.2) is 63.6 Å². The molecule has 0 spiro atoms. The smallest absolute Gasteiger partial charge is 0.0967 e. The Hall–Kier alpha value is -0.980. The van der Waals surface area contributed by atoms with E-state index in [1.807, 2.05) is 13.2 Å². The van der Waals surface area contributed by atoms with Gasteiger partial charge in [-0.2, -0.15) is 0 Å². The van der Waals surface area contributed by atoms with Gasteiger partial charge in [-0.1, -0.05) is 18.6 Å². The zero-order valence-corrected chi connectivity index (χ0v) is 12.1. The molecular formula is C13H26N6. The predicted molar refractivity (Wildman–Crippen MR) is 75.6 cm³/mol. The van der Waals surface area contributed by atoms with Crippen molar-refractivity contribution < 1.29 is 0 Å². The summed E-state index contributed by atoms with van der Waals surface area (Å²) in [6.45, 7) is 8.32. The Labute approximate surface area is 115 Å². The van der Waals surface area contributed by atoms with Crippen LogP contribution in [0.25, 0.3) is 0 Å². The summed E-state index contributed by atoms with van der Waals surface area (Å²) in [5.74, 6) is 0. The molecule has 0 bridgehead atoms. The molecule has 19 heavy (non-hydrogen) atoms. The predicted octanol–water partition coefficient (Wildman–Crippen LogP) is 0.0601. The second-order valence-corrected chi connectivity index (χ2v) is 5.37. The maximum absolute atomic E-state index is 5.87. The first-order valence-corrected chi connectivity index (χ1v) is 7.24. The van der Waals surface area contributed by atoms with Crippen molar-refractivity contribution in [3.8, 4) is 0 Å². The van der Waals surface area contributed by atoms with Gasteiger partial charge in [-0.05, 0) is 6.42 Å². The van der Waals surface area contributed by atoms with Gasteiger partial charge in [-0.15, -0.1) is 5.10 Å². The normalized spacial score (nSPS) is 19.7. The highest BCUT2D eigenvalue weighted by Crippen LogP contribution is 2.11. The molecule has 1 aromatic rings. The fraction of sp³-hybridized carbons (Fsp3) is 0.846. The van der Waals surface area contributed by atoms with E-state index < -0.39 is 0 Å². The lowest BCUT2D eigenvalue weighted by molar-refractivity contribution is 0.0897. The monoisotopic (exact) mass is 266 g/mol. The Bertz CT molecular complexity index is 369. The van der Waals surface area contributed by atoms with Crippen LogP contribution in [0.4, 0.5) is 0 Å². The lowest BCUT2D eigenvalue weighted by Crippen LogP contribution is -2.52. The van der Waals surface area contributed by atoms with Crippen LogP contribution in [-0.2, 0) is 13.6 Å². The molecule has 1 aromatic heterocycles. The van der Waals surface area contributed by atoms with Crippen molar-refractivity contribution in [1.82, 2.24) is 24.8 Å².